The Morgan fingerprint density at radius 1 is 0.436 bits per heavy atom. The molecule has 0 N–H and O–H groups in total. The Labute approximate surface area is 321 Å². The van der Waals surface area contributed by atoms with Gasteiger partial charge in [0, 0.05) is 32.9 Å². The zero-order valence-electron chi connectivity index (χ0n) is 31.3. The molecule has 0 bridgehead atoms. The quantitative estimate of drug-likeness (QED) is 0.178. The largest absolute Gasteiger partial charge is 0.456 e. The molecular formula is C51H39N3O. The van der Waals surface area contributed by atoms with Crippen LogP contribution in [-0.2, 0) is 5.41 Å². The highest BCUT2D eigenvalue weighted by Gasteiger charge is 2.48. The Bertz CT molecular complexity index is 2820. The van der Waals surface area contributed by atoms with Gasteiger partial charge in [0.1, 0.15) is 11.2 Å². The zero-order chi connectivity index (χ0) is 37.3. The second kappa shape index (κ2) is 12.5. The van der Waals surface area contributed by atoms with Gasteiger partial charge in [-0.25, -0.2) is 15.0 Å². The molecule has 0 amide bonds. The zero-order valence-corrected chi connectivity index (χ0v) is 31.3. The lowest BCUT2D eigenvalue weighted by atomic mass is 9.62. The van der Waals surface area contributed by atoms with Crippen molar-refractivity contribution in [3.05, 3.63) is 175 Å². The molecule has 0 saturated carbocycles. The molecule has 1 atom stereocenters. The molecule has 4 nitrogen and oxygen atoms in total. The third kappa shape index (κ3) is 5.32. The average Bonchev–Trinajstić information content (AvgIpc) is 3.74. The van der Waals surface area contributed by atoms with E-state index in [0.29, 0.717) is 17.5 Å². The van der Waals surface area contributed by atoms with Crippen LogP contribution in [0.1, 0.15) is 38.8 Å². The lowest BCUT2D eigenvalue weighted by Crippen LogP contribution is -2.36. The Balaban J connectivity index is 1.18. The molecule has 1 aliphatic carbocycles. The molecule has 9 aromatic rings. The summed E-state index contributed by atoms with van der Waals surface area (Å²) in [6, 6.07) is 57.4. The van der Waals surface area contributed by atoms with Crippen LogP contribution in [0.2, 0.25) is 0 Å². The summed E-state index contributed by atoms with van der Waals surface area (Å²) >= 11 is 0. The minimum atomic E-state index is -0.299. The monoisotopic (exact) mass is 709 g/mol. The minimum Gasteiger partial charge on any atom is -0.456 e. The molecule has 0 radical (unpaired) electrons. The molecule has 2 aromatic heterocycles. The number of hydrogen-bond acceptors (Lipinski definition) is 4. The smallest absolute Gasteiger partial charge is 0.164 e. The number of furan rings is 1. The average molecular weight is 710 g/mol. The van der Waals surface area contributed by atoms with Gasteiger partial charge in [-0.2, -0.15) is 0 Å². The maximum atomic E-state index is 6.40. The van der Waals surface area contributed by atoms with Gasteiger partial charge < -0.3 is 4.42 Å². The van der Waals surface area contributed by atoms with Gasteiger partial charge in [-0.3, -0.25) is 0 Å². The van der Waals surface area contributed by atoms with E-state index >= 15 is 0 Å². The van der Waals surface area contributed by atoms with Crippen LogP contribution in [0.25, 0.3) is 89.5 Å². The molecule has 1 aliphatic rings. The summed E-state index contributed by atoms with van der Waals surface area (Å²) in [6.07, 6.45) is 0. The van der Waals surface area contributed by atoms with E-state index < -0.39 is 0 Å². The van der Waals surface area contributed by atoms with Crippen LogP contribution >= 0.6 is 0 Å². The van der Waals surface area contributed by atoms with Gasteiger partial charge in [0.25, 0.3) is 0 Å². The lowest BCUT2D eigenvalue weighted by molar-refractivity contribution is 0.255. The van der Waals surface area contributed by atoms with Crippen molar-refractivity contribution in [1.82, 2.24) is 15.0 Å². The van der Waals surface area contributed by atoms with Crippen LogP contribution < -0.4 is 0 Å². The van der Waals surface area contributed by atoms with Gasteiger partial charge in [-0.1, -0.05) is 161 Å². The summed E-state index contributed by atoms with van der Waals surface area (Å²) in [7, 11) is 0. The normalized spacial score (nSPS) is 15.0. The fourth-order valence-electron chi connectivity index (χ4n) is 8.48. The van der Waals surface area contributed by atoms with E-state index in [-0.39, 0.29) is 10.8 Å². The molecule has 264 valence electrons. The van der Waals surface area contributed by atoms with Crippen molar-refractivity contribution in [2.45, 2.75) is 33.1 Å². The fraction of sp³-hybridized carbons (Fsp3) is 0.118. The number of nitrogens with zero attached hydrogens (tertiary/aromatic N) is 3. The number of hydrogen-bond donors (Lipinski definition) is 0. The van der Waals surface area contributed by atoms with E-state index in [1.807, 2.05) is 18.2 Å². The number of para-hydroxylation sites is 1. The van der Waals surface area contributed by atoms with Crippen molar-refractivity contribution in [3.8, 4) is 67.5 Å². The highest BCUT2D eigenvalue weighted by atomic mass is 16.3. The number of rotatable bonds is 5. The summed E-state index contributed by atoms with van der Waals surface area (Å²) in [6.45, 7) is 9.42. The van der Waals surface area contributed by atoms with Gasteiger partial charge in [0.2, 0.25) is 0 Å². The third-order valence-electron chi connectivity index (χ3n) is 11.8. The van der Waals surface area contributed by atoms with Gasteiger partial charge >= 0.3 is 0 Å². The van der Waals surface area contributed by atoms with Gasteiger partial charge in [-0.05, 0) is 80.3 Å². The Morgan fingerprint density at radius 3 is 1.53 bits per heavy atom. The number of aromatic nitrogens is 3. The maximum absolute atomic E-state index is 6.40. The second-order valence-corrected chi connectivity index (χ2v) is 15.8. The van der Waals surface area contributed by atoms with Crippen LogP contribution in [0.4, 0.5) is 0 Å². The van der Waals surface area contributed by atoms with Gasteiger partial charge in [0.05, 0.1) is 0 Å². The van der Waals surface area contributed by atoms with Crippen LogP contribution in [-0.4, -0.2) is 15.0 Å². The molecule has 55 heavy (non-hydrogen) atoms. The van der Waals surface area contributed by atoms with Gasteiger partial charge in [-0.15, -0.1) is 0 Å². The first-order valence-electron chi connectivity index (χ1n) is 18.9. The Hall–Kier alpha value is -6.65. The summed E-state index contributed by atoms with van der Waals surface area (Å²) in [4.78, 5) is 15.7. The summed E-state index contributed by atoms with van der Waals surface area (Å²) in [5, 5.41) is 2.32. The van der Waals surface area contributed by atoms with Crippen LogP contribution in [0.15, 0.2) is 168 Å². The summed E-state index contributed by atoms with van der Waals surface area (Å²) in [5.74, 6) is 1.91. The molecule has 7 aromatic carbocycles. The Morgan fingerprint density at radius 2 is 0.945 bits per heavy atom. The van der Waals surface area contributed by atoms with Crippen molar-refractivity contribution in [3.63, 3.8) is 0 Å². The predicted octanol–water partition coefficient (Wildman–Crippen LogP) is 13.4. The molecule has 0 saturated heterocycles. The molecule has 0 aliphatic heterocycles. The van der Waals surface area contributed by atoms with Crippen LogP contribution in [0.5, 0.6) is 0 Å². The van der Waals surface area contributed by atoms with Crippen LogP contribution in [0.3, 0.4) is 0 Å². The lowest BCUT2D eigenvalue weighted by Gasteiger charge is -2.41. The number of fused-ring (bicyclic) bond motifs is 7. The fourth-order valence-corrected chi connectivity index (χ4v) is 8.48. The Kier molecular flexibility index (Phi) is 7.47. The molecular weight excluding hydrogens is 671 g/mol. The van der Waals surface area contributed by atoms with E-state index in [0.717, 1.165) is 55.5 Å². The molecule has 0 fully saturated rings. The van der Waals surface area contributed by atoms with E-state index in [1.165, 1.54) is 27.6 Å². The van der Waals surface area contributed by atoms with Crippen molar-refractivity contribution in [2.24, 2.45) is 5.41 Å². The molecule has 10 rings (SSSR count). The topological polar surface area (TPSA) is 51.8 Å². The highest BCUT2D eigenvalue weighted by molar-refractivity contribution is 6.15. The van der Waals surface area contributed by atoms with E-state index in [2.05, 4.69) is 173 Å². The van der Waals surface area contributed by atoms with Crippen molar-refractivity contribution in [2.75, 3.05) is 0 Å². The molecule has 0 spiro atoms. The maximum Gasteiger partial charge on any atom is 0.164 e. The standard InChI is InChI=1S/C51H39N3O/c1-50(2,3)51(4)41-27-28-44-46(40-23-11-12-24-43(40)55-44)45(41)39-26-25-38(31-42(39)51)49-53-47(36-21-13-19-34(29-36)32-15-7-5-8-16-32)52-48(54-49)37-22-14-20-35(30-37)33-17-9-6-10-18-33/h5-31H,1-4H3. The van der Waals surface area contributed by atoms with Crippen molar-refractivity contribution in [1.29, 1.82) is 0 Å². The highest BCUT2D eigenvalue weighted by Crippen LogP contribution is 2.59. The predicted molar refractivity (Wildman–Crippen MR) is 226 cm³/mol. The first-order chi connectivity index (χ1) is 26.8. The first-order valence-corrected chi connectivity index (χ1v) is 18.9. The van der Waals surface area contributed by atoms with Crippen molar-refractivity contribution < 1.29 is 4.42 Å². The summed E-state index contributed by atoms with van der Waals surface area (Å²) in [5.41, 5.74) is 13.8. The second-order valence-electron chi connectivity index (χ2n) is 15.8. The van der Waals surface area contributed by atoms with E-state index in [1.54, 1.807) is 0 Å². The number of benzene rings is 7. The van der Waals surface area contributed by atoms with E-state index in [9.17, 15) is 0 Å². The first kappa shape index (κ1) is 33.0. The van der Waals surface area contributed by atoms with Gasteiger partial charge in [0.15, 0.2) is 17.5 Å². The van der Waals surface area contributed by atoms with Crippen molar-refractivity contribution >= 4 is 21.9 Å². The SMILES string of the molecule is CC(C)(C)C1(C)c2cc(-c3nc(-c4cccc(-c5ccccc5)c4)nc(-c4cccc(-c5ccccc5)c4)n3)ccc2-c2c1ccc1oc3ccccc3c21. The summed E-state index contributed by atoms with van der Waals surface area (Å²) < 4.78 is 6.40. The molecule has 1 unspecified atom stereocenters. The molecule has 2 heterocycles. The minimum absolute atomic E-state index is 0.107. The van der Waals surface area contributed by atoms with Crippen LogP contribution in [0, 0.1) is 5.41 Å². The van der Waals surface area contributed by atoms with E-state index in [4.69, 9.17) is 19.4 Å². The third-order valence-corrected chi connectivity index (χ3v) is 11.8. The molecule has 4 heteroatoms.